The minimum atomic E-state index is -0.410. The van der Waals surface area contributed by atoms with Crippen LogP contribution < -0.4 is 0 Å². The van der Waals surface area contributed by atoms with Crippen molar-refractivity contribution in [3.05, 3.63) is 35.9 Å². The molecule has 0 N–H and O–H groups in total. The summed E-state index contributed by atoms with van der Waals surface area (Å²) in [7, 11) is -0.410. The van der Waals surface area contributed by atoms with Gasteiger partial charge in [-0.2, -0.15) is 0 Å². The molecule has 0 heterocycles. The van der Waals surface area contributed by atoms with Crippen molar-refractivity contribution in [3.63, 3.8) is 0 Å². The Labute approximate surface area is 124 Å². The lowest BCUT2D eigenvalue weighted by molar-refractivity contribution is 0.140. The molecule has 0 saturated heterocycles. The molecule has 3 heteroatoms. The van der Waals surface area contributed by atoms with Crippen LogP contribution in [0.5, 0.6) is 0 Å². The lowest BCUT2D eigenvalue weighted by Crippen LogP contribution is -2.28. The molecule has 0 fully saturated rings. The van der Waals surface area contributed by atoms with E-state index >= 15 is 0 Å². The summed E-state index contributed by atoms with van der Waals surface area (Å²) in [5, 5.41) is 0. The minimum Gasteiger partial charge on any atom is -0.398 e. The van der Waals surface area contributed by atoms with Gasteiger partial charge in [0.25, 0.3) is 0 Å². The summed E-state index contributed by atoms with van der Waals surface area (Å²) in [5.74, 6) is 6.24. The Kier molecular flexibility index (Phi) is 8.10. The highest BCUT2D eigenvalue weighted by molar-refractivity contribution is 6.54. The van der Waals surface area contributed by atoms with Crippen LogP contribution in [0.4, 0.5) is 0 Å². The Morgan fingerprint density at radius 2 is 1.60 bits per heavy atom. The number of unbranched alkanes of at least 4 members (excludes halogenated alkanes) is 1. The normalized spacial score (nSPS) is 10.5. The van der Waals surface area contributed by atoms with Crippen LogP contribution >= 0.6 is 0 Å². The predicted octanol–water partition coefficient (Wildman–Crippen LogP) is 3.89. The van der Waals surface area contributed by atoms with Crippen LogP contribution in [0.3, 0.4) is 0 Å². The molecule has 0 amide bonds. The fraction of sp³-hybridized carbons (Fsp3) is 0.529. The van der Waals surface area contributed by atoms with Crippen LogP contribution in [0.2, 0.25) is 0 Å². The molecule has 0 spiro atoms. The van der Waals surface area contributed by atoms with Gasteiger partial charge in [-0.15, -0.1) is 5.92 Å². The van der Waals surface area contributed by atoms with Gasteiger partial charge in [-0.3, -0.25) is 0 Å². The third kappa shape index (κ3) is 8.04. The van der Waals surface area contributed by atoms with Gasteiger partial charge in [0.1, 0.15) is 0 Å². The standard InChI is InChI=1S/C17H25BO2/c1-15(2)19-18(20-16(3)4)14-10-6-9-13-17-11-7-5-8-12-17/h5,7-8,11-12,15-16H,6,9,13H2,1-4H3. The molecule has 1 aromatic rings. The average molecular weight is 272 g/mol. The topological polar surface area (TPSA) is 18.5 Å². The van der Waals surface area contributed by atoms with E-state index in [4.69, 9.17) is 9.31 Å². The summed E-state index contributed by atoms with van der Waals surface area (Å²) in [4.78, 5) is 0. The molecule has 0 saturated carbocycles. The van der Waals surface area contributed by atoms with E-state index < -0.39 is 7.12 Å². The molecule has 2 nitrogen and oxygen atoms in total. The van der Waals surface area contributed by atoms with Gasteiger partial charge >= 0.3 is 7.12 Å². The first-order chi connectivity index (χ1) is 9.58. The van der Waals surface area contributed by atoms with Gasteiger partial charge < -0.3 is 9.31 Å². The van der Waals surface area contributed by atoms with E-state index in [-0.39, 0.29) is 12.2 Å². The zero-order chi connectivity index (χ0) is 14.8. The van der Waals surface area contributed by atoms with Crippen molar-refractivity contribution in [2.75, 3.05) is 0 Å². The highest BCUT2D eigenvalue weighted by Crippen LogP contribution is 2.04. The Morgan fingerprint density at radius 3 is 2.15 bits per heavy atom. The highest BCUT2D eigenvalue weighted by atomic mass is 16.6. The SMILES string of the molecule is CC(C)OB(C#CCCCc1ccccc1)OC(C)C. The maximum Gasteiger partial charge on any atom is 0.550 e. The monoisotopic (exact) mass is 272 g/mol. The van der Waals surface area contributed by atoms with Crippen LogP contribution in [0, 0.1) is 11.7 Å². The summed E-state index contributed by atoms with van der Waals surface area (Å²) in [6.45, 7) is 7.98. The summed E-state index contributed by atoms with van der Waals surface area (Å²) < 4.78 is 11.3. The van der Waals surface area contributed by atoms with E-state index in [2.05, 4.69) is 36.0 Å². The number of aryl methyl sites for hydroxylation is 1. The smallest absolute Gasteiger partial charge is 0.398 e. The van der Waals surface area contributed by atoms with Gasteiger partial charge in [-0.25, -0.2) is 0 Å². The van der Waals surface area contributed by atoms with Gasteiger partial charge in [-0.05, 0) is 46.1 Å². The Morgan fingerprint density at radius 1 is 1.00 bits per heavy atom. The van der Waals surface area contributed by atoms with Crippen LogP contribution in [-0.2, 0) is 15.7 Å². The number of hydrogen-bond acceptors (Lipinski definition) is 2. The summed E-state index contributed by atoms with van der Waals surface area (Å²) in [5.41, 5.74) is 1.36. The predicted molar refractivity (Wildman–Crippen MR) is 85.4 cm³/mol. The lowest BCUT2D eigenvalue weighted by atomic mass is 9.90. The van der Waals surface area contributed by atoms with E-state index in [0.717, 1.165) is 19.3 Å². The lowest BCUT2D eigenvalue weighted by Gasteiger charge is -2.14. The number of rotatable bonds is 7. The average Bonchev–Trinajstić information content (AvgIpc) is 2.38. The van der Waals surface area contributed by atoms with Crippen molar-refractivity contribution in [1.82, 2.24) is 0 Å². The van der Waals surface area contributed by atoms with E-state index in [0.29, 0.717) is 0 Å². The van der Waals surface area contributed by atoms with Gasteiger partial charge in [-0.1, -0.05) is 36.2 Å². The third-order valence-electron chi connectivity index (χ3n) is 2.62. The molecule has 1 rings (SSSR count). The van der Waals surface area contributed by atoms with Gasteiger partial charge in [0.15, 0.2) is 0 Å². The van der Waals surface area contributed by atoms with E-state index in [1.807, 2.05) is 33.8 Å². The molecule has 0 aliphatic heterocycles. The van der Waals surface area contributed by atoms with E-state index in [1.165, 1.54) is 5.56 Å². The zero-order valence-corrected chi connectivity index (χ0v) is 13.1. The minimum absolute atomic E-state index is 0.123. The van der Waals surface area contributed by atoms with Crippen LogP contribution in [0.15, 0.2) is 30.3 Å². The van der Waals surface area contributed by atoms with Crippen molar-refractivity contribution >= 4 is 7.12 Å². The van der Waals surface area contributed by atoms with Gasteiger partial charge in [0, 0.05) is 18.6 Å². The highest BCUT2D eigenvalue weighted by Gasteiger charge is 2.18. The van der Waals surface area contributed by atoms with Gasteiger partial charge in [0.2, 0.25) is 0 Å². The fourth-order valence-corrected chi connectivity index (χ4v) is 1.78. The maximum absolute atomic E-state index is 5.63. The molecule has 108 valence electrons. The quantitative estimate of drug-likeness (QED) is 0.426. The van der Waals surface area contributed by atoms with E-state index in [1.54, 1.807) is 0 Å². The van der Waals surface area contributed by atoms with Crippen LogP contribution in [0.1, 0.15) is 46.1 Å². The molecule has 0 radical (unpaired) electrons. The summed E-state index contributed by atoms with van der Waals surface area (Å²) >= 11 is 0. The van der Waals surface area contributed by atoms with Crippen molar-refractivity contribution < 1.29 is 9.31 Å². The number of benzene rings is 1. The van der Waals surface area contributed by atoms with Crippen molar-refractivity contribution in [2.45, 2.75) is 59.2 Å². The van der Waals surface area contributed by atoms with Crippen LogP contribution in [-0.4, -0.2) is 19.3 Å². The molecule has 20 heavy (non-hydrogen) atoms. The van der Waals surface area contributed by atoms with E-state index in [9.17, 15) is 0 Å². The molecule has 0 atom stereocenters. The molecule has 1 aromatic carbocycles. The van der Waals surface area contributed by atoms with Crippen molar-refractivity contribution in [2.24, 2.45) is 0 Å². The Bertz CT molecular complexity index is 408. The molecular formula is C17H25BO2. The molecule has 0 unspecified atom stereocenters. The molecule has 0 aliphatic carbocycles. The van der Waals surface area contributed by atoms with Crippen molar-refractivity contribution in [3.8, 4) is 11.7 Å². The summed E-state index contributed by atoms with van der Waals surface area (Å²) in [6, 6.07) is 10.5. The first-order valence-electron chi connectivity index (χ1n) is 7.41. The number of hydrogen-bond donors (Lipinski definition) is 0. The first-order valence-corrected chi connectivity index (χ1v) is 7.41. The Balaban J connectivity index is 2.33. The molecular weight excluding hydrogens is 247 g/mol. The Hall–Kier alpha value is -1.24. The largest absolute Gasteiger partial charge is 0.550 e. The summed E-state index contributed by atoms with van der Waals surface area (Å²) in [6.07, 6.45) is 3.24. The van der Waals surface area contributed by atoms with Crippen molar-refractivity contribution in [1.29, 1.82) is 0 Å². The second kappa shape index (κ2) is 9.63. The zero-order valence-electron chi connectivity index (χ0n) is 13.1. The fourth-order valence-electron chi connectivity index (χ4n) is 1.78. The third-order valence-corrected chi connectivity index (χ3v) is 2.62. The molecule has 0 bridgehead atoms. The second-order valence-corrected chi connectivity index (χ2v) is 5.36. The van der Waals surface area contributed by atoms with Gasteiger partial charge in [0.05, 0.1) is 0 Å². The van der Waals surface area contributed by atoms with Crippen LogP contribution in [0.25, 0.3) is 0 Å². The first kappa shape index (κ1) is 16.8. The molecule has 0 aromatic heterocycles. The second-order valence-electron chi connectivity index (χ2n) is 5.36. The molecule has 0 aliphatic rings. The maximum atomic E-state index is 5.63.